The van der Waals surface area contributed by atoms with Gasteiger partial charge in [0.1, 0.15) is 11.9 Å². The number of ether oxygens (including phenoxy) is 1. The molecule has 2 aromatic carbocycles. The van der Waals surface area contributed by atoms with Crippen molar-refractivity contribution in [1.29, 1.82) is 0 Å². The fourth-order valence-electron chi connectivity index (χ4n) is 2.50. The molecule has 0 aliphatic carbocycles. The van der Waals surface area contributed by atoms with E-state index in [-0.39, 0.29) is 6.10 Å². The molecule has 0 fully saturated rings. The summed E-state index contributed by atoms with van der Waals surface area (Å²) in [5.41, 5.74) is 4.76. The second-order valence-corrected chi connectivity index (χ2v) is 5.42. The first-order valence-electron chi connectivity index (χ1n) is 6.41. The molecule has 1 heterocycles. The summed E-state index contributed by atoms with van der Waals surface area (Å²) < 4.78 is 6.07. The van der Waals surface area contributed by atoms with Crippen LogP contribution in [0.3, 0.4) is 0 Å². The first-order chi connectivity index (χ1) is 9.13. The maximum atomic E-state index is 6.07. The second kappa shape index (κ2) is 4.78. The highest BCUT2D eigenvalue weighted by Crippen LogP contribution is 2.36. The first kappa shape index (κ1) is 12.4. The largest absolute Gasteiger partial charge is 0.482 e. The van der Waals surface area contributed by atoms with Crippen LogP contribution in [0.4, 0.5) is 5.69 Å². The Morgan fingerprint density at radius 1 is 1.16 bits per heavy atom. The number of hydrogen-bond acceptors (Lipinski definition) is 2. The van der Waals surface area contributed by atoms with E-state index in [2.05, 4.69) is 37.4 Å². The zero-order chi connectivity index (χ0) is 13.4. The summed E-state index contributed by atoms with van der Waals surface area (Å²) in [5, 5.41) is 4.09. The van der Waals surface area contributed by atoms with Crippen LogP contribution in [0.2, 0.25) is 5.02 Å². The number of hydrogen-bond donors (Lipinski definition) is 1. The number of aryl methyl sites for hydroxylation is 2. The fraction of sp³-hybridized carbons (Fsp3) is 0.250. The highest BCUT2D eigenvalue weighted by Gasteiger charge is 2.22. The van der Waals surface area contributed by atoms with E-state index in [1.165, 1.54) is 16.7 Å². The molecule has 1 N–H and O–H groups in total. The average molecular weight is 274 g/mol. The van der Waals surface area contributed by atoms with Gasteiger partial charge in [0.2, 0.25) is 0 Å². The fourth-order valence-corrected chi connectivity index (χ4v) is 2.66. The lowest BCUT2D eigenvalue weighted by molar-refractivity contribution is 0.210. The summed E-state index contributed by atoms with van der Waals surface area (Å²) >= 11 is 6.01. The van der Waals surface area contributed by atoms with E-state index >= 15 is 0 Å². The van der Waals surface area contributed by atoms with Crippen molar-refractivity contribution in [2.24, 2.45) is 0 Å². The van der Waals surface area contributed by atoms with E-state index in [9.17, 15) is 0 Å². The molecule has 0 spiro atoms. The molecule has 3 rings (SSSR count). The predicted octanol–water partition coefficient (Wildman–Crippen LogP) is 4.50. The summed E-state index contributed by atoms with van der Waals surface area (Å²) in [4.78, 5) is 0. The summed E-state index contributed by atoms with van der Waals surface area (Å²) in [5.74, 6) is 0.823. The average Bonchev–Trinajstić information content (AvgIpc) is 2.38. The van der Waals surface area contributed by atoms with Gasteiger partial charge in [-0.1, -0.05) is 35.4 Å². The van der Waals surface area contributed by atoms with Crippen molar-refractivity contribution in [3.63, 3.8) is 0 Å². The normalized spacial score (nSPS) is 17.3. The minimum absolute atomic E-state index is 0.0339. The van der Waals surface area contributed by atoms with Crippen LogP contribution in [0.15, 0.2) is 36.4 Å². The highest BCUT2D eigenvalue weighted by atomic mass is 35.5. The first-order valence-corrected chi connectivity index (χ1v) is 6.78. The van der Waals surface area contributed by atoms with Gasteiger partial charge in [-0.3, -0.25) is 0 Å². The molecule has 1 aliphatic heterocycles. The molecular weight excluding hydrogens is 258 g/mol. The van der Waals surface area contributed by atoms with Crippen LogP contribution in [0, 0.1) is 13.8 Å². The van der Waals surface area contributed by atoms with E-state index in [1.807, 2.05) is 18.2 Å². The Bertz CT molecular complexity index is 624. The molecule has 2 aromatic rings. The molecule has 0 saturated heterocycles. The van der Waals surface area contributed by atoms with Crippen LogP contribution in [0.1, 0.15) is 22.8 Å². The molecule has 19 heavy (non-hydrogen) atoms. The third kappa shape index (κ3) is 2.41. The molecule has 0 amide bonds. The molecular formula is C16H16ClNO. The minimum Gasteiger partial charge on any atom is -0.482 e. The molecule has 2 nitrogen and oxygen atoms in total. The van der Waals surface area contributed by atoms with E-state index in [4.69, 9.17) is 16.3 Å². The van der Waals surface area contributed by atoms with Crippen LogP contribution in [-0.2, 0) is 0 Å². The Balaban J connectivity index is 1.93. The smallest absolute Gasteiger partial charge is 0.144 e. The lowest BCUT2D eigenvalue weighted by Gasteiger charge is -2.28. The zero-order valence-electron chi connectivity index (χ0n) is 11.0. The van der Waals surface area contributed by atoms with Gasteiger partial charge in [-0.25, -0.2) is 0 Å². The molecule has 1 aliphatic rings. The van der Waals surface area contributed by atoms with Gasteiger partial charge in [0.05, 0.1) is 12.2 Å². The van der Waals surface area contributed by atoms with Gasteiger partial charge < -0.3 is 10.1 Å². The van der Waals surface area contributed by atoms with Gasteiger partial charge in [-0.15, -0.1) is 0 Å². The Hall–Kier alpha value is -1.67. The molecule has 3 heteroatoms. The quantitative estimate of drug-likeness (QED) is 0.826. The minimum atomic E-state index is 0.0339. The van der Waals surface area contributed by atoms with E-state index in [0.717, 1.165) is 18.0 Å². The van der Waals surface area contributed by atoms with Gasteiger partial charge in [0, 0.05) is 11.1 Å². The second-order valence-electron chi connectivity index (χ2n) is 4.99. The molecule has 98 valence electrons. The molecule has 0 bridgehead atoms. The topological polar surface area (TPSA) is 21.3 Å². The number of benzene rings is 2. The number of nitrogens with one attached hydrogen (secondary N) is 1. The lowest BCUT2D eigenvalue weighted by Crippen LogP contribution is -2.24. The molecule has 0 aromatic heterocycles. The van der Waals surface area contributed by atoms with Crippen LogP contribution >= 0.6 is 11.6 Å². The van der Waals surface area contributed by atoms with Crippen molar-refractivity contribution in [2.45, 2.75) is 20.0 Å². The predicted molar refractivity (Wildman–Crippen MR) is 79.2 cm³/mol. The zero-order valence-corrected chi connectivity index (χ0v) is 11.8. The molecule has 1 unspecified atom stereocenters. The van der Waals surface area contributed by atoms with Gasteiger partial charge in [0.15, 0.2) is 0 Å². The van der Waals surface area contributed by atoms with E-state index in [0.29, 0.717) is 5.02 Å². The third-order valence-electron chi connectivity index (χ3n) is 3.46. The number of halogens is 1. The monoisotopic (exact) mass is 273 g/mol. The maximum absolute atomic E-state index is 6.07. The van der Waals surface area contributed by atoms with E-state index < -0.39 is 0 Å². The summed E-state index contributed by atoms with van der Waals surface area (Å²) in [6.45, 7) is 5.00. The lowest BCUT2D eigenvalue weighted by atomic mass is 10.00. The van der Waals surface area contributed by atoms with Crippen molar-refractivity contribution >= 4 is 17.3 Å². The maximum Gasteiger partial charge on any atom is 0.144 e. The van der Waals surface area contributed by atoms with Crippen molar-refractivity contribution in [1.82, 2.24) is 0 Å². The van der Waals surface area contributed by atoms with Gasteiger partial charge in [-0.2, -0.15) is 0 Å². The van der Waals surface area contributed by atoms with Crippen molar-refractivity contribution in [3.05, 3.63) is 58.1 Å². The molecule has 0 radical (unpaired) electrons. The van der Waals surface area contributed by atoms with Crippen molar-refractivity contribution in [2.75, 3.05) is 11.9 Å². The van der Waals surface area contributed by atoms with Gasteiger partial charge in [0.25, 0.3) is 0 Å². The van der Waals surface area contributed by atoms with E-state index in [1.54, 1.807) is 0 Å². The Morgan fingerprint density at radius 2 is 2.00 bits per heavy atom. The SMILES string of the molecule is Cc1ccc(C2CNc3ccc(Cl)cc3O2)c(C)c1. The van der Waals surface area contributed by atoms with Gasteiger partial charge in [-0.05, 0) is 37.1 Å². The third-order valence-corrected chi connectivity index (χ3v) is 3.70. The summed E-state index contributed by atoms with van der Waals surface area (Å²) in [7, 11) is 0. The molecule has 1 atom stereocenters. The van der Waals surface area contributed by atoms with Crippen LogP contribution in [-0.4, -0.2) is 6.54 Å². The van der Waals surface area contributed by atoms with Gasteiger partial charge >= 0.3 is 0 Å². The van der Waals surface area contributed by atoms with Crippen LogP contribution in [0.25, 0.3) is 0 Å². The van der Waals surface area contributed by atoms with Crippen LogP contribution in [0.5, 0.6) is 5.75 Å². The summed E-state index contributed by atoms with van der Waals surface area (Å²) in [6, 6.07) is 12.1. The number of fused-ring (bicyclic) bond motifs is 1. The number of anilines is 1. The van der Waals surface area contributed by atoms with Crippen molar-refractivity contribution < 1.29 is 4.74 Å². The standard InChI is InChI=1S/C16H16ClNO/c1-10-3-5-13(11(2)7-10)16-9-18-14-6-4-12(17)8-15(14)19-16/h3-8,16,18H,9H2,1-2H3. The Labute approximate surface area is 118 Å². The number of rotatable bonds is 1. The Morgan fingerprint density at radius 3 is 2.79 bits per heavy atom. The van der Waals surface area contributed by atoms with Crippen molar-refractivity contribution in [3.8, 4) is 5.75 Å². The summed E-state index contributed by atoms with van der Waals surface area (Å²) in [6.07, 6.45) is 0.0339. The Kier molecular flexibility index (Phi) is 3.11. The van der Waals surface area contributed by atoms with Crippen LogP contribution < -0.4 is 10.1 Å². The highest BCUT2D eigenvalue weighted by molar-refractivity contribution is 6.30. The molecule has 0 saturated carbocycles.